The van der Waals surface area contributed by atoms with Crippen LogP contribution in [-0.4, -0.2) is 29.6 Å². The van der Waals surface area contributed by atoms with E-state index in [4.69, 9.17) is 18.6 Å². The third kappa shape index (κ3) is 2.40. The maximum atomic E-state index is 6.66. The fourth-order valence-electron chi connectivity index (χ4n) is 2.74. The van der Waals surface area contributed by atoms with Crippen molar-refractivity contribution in [1.82, 2.24) is 0 Å². The zero-order valence-corrected chi connectivity index (χ0v) is 15.9. The van der Waals surface area contributed by atoms with Gasteiger partial charge in [-0.2, -0.15) is 0 Å². The standard InChI is InChI=1S/C17H28O4Si/c1-16(2,3)22(7,8)21-17(20-6)14-12(15(17)19-5)10-9-11-13(14)18-4/h9-11,15H,1-8H3. The lowest BCUT2D eigenvalue weighted by molar-refractivity contribution is -0.274. The van der Waals surface area contributed by atoms with Crippen LogP contribution in [0.4, 0.5) is 0 Å². The van der Waals surface area contributed by atoms with Crippen LogP contribution in [0.3, 0.4) is 0 Å². The van der Waals surface area contributed by atoms with E-state index < -0.39 is 14.1 Å². The minimum atomic E-state index is -2.05. The fourth-order valence-corrected chi connectivity index (χ4v) is 4.09. The molecule has 124 valence electrons. The van der Waals surface area contributed by atoms with Crippen LogP contribution in [0.15, 0.2) is 18.2 Å². The van der Waals surface area contributed by atoms with E-state index >= 15 is 0 Å². The molecule has 1 aromatic carbocycles. The fraction of sp³-hybridized carbons (Fsp3) is 0.647. The van der Waals surface area contributed by atoms with Crippen LogP contribution in [0.25, 0.3) is 0 Å². The number of ether oxygens (including phenoxy) is 3. The molecule has 1 aliphatic carbocycles. The van der Waals surface area contributed by atoms with Crippen molar-refractivity contribution < 1.29 is 18.6 Å². The molecule has 0 spiro atoms. The Bertz CT molecular complexity index is 550. The maximum absolute atomic E-state index is 6.66. The van der Waals surface area contributed by atoms with Gasteiger partial charge in [0.1, 0.15) is 11.9 Å². The molecule has 5 heteroatoms. The second kappa shape index (κ2) is 5.64. The minimum absolute atomic E-state index is 0.0780. The van der Waals surface area contributed by atoms with Crippen LogP contribution in [0.1, 0.15) is 38.0 Å². The van der Waals surface area contributed by atoms with Crippen LogP contribution < -0.4 is 4.74 Å². The van der Waals surface area contributed by atoms with E-state index in [1.807, 2.05) is 18.2 Å². The molecule has 22 heavy (non-hydrogen) atoms. The lowest BCUT2D eigenvalue weighted by Gasteiger charge is -2.53. The molecule has 0 fully saturated rings. The van der Waals surface area contributed by atoms with Gasteiger partial charge in [-0.3, -0.25) is 0 Å². The Morgan fingerprint density at radius 1 is 1.09 bits per heavy atom. The summed E-state index contributed by atoms with van der Waals surface area (Å²) in [6.07, 6.45) is -0.239. The topological polar surface area (TPSA) is 36.9 Å². The number of hydrogen-bond donors (Lipinski definition) is 0. The lowest BCUT2D eigenvalue weighted by atomic mass is 9.78. The Morgan fingerprint density at radius 3 is 2.18 bits per heavy atom. The van der Waals surface area contributed by atoms with Crippen molar-refractivity contribution in [2.45, 2.75) is 50.8 Å². The van der Waals surface area contributed by atoms with Crippen LogP contribution >= 0.6 is 0 Å². The molecule has 1 aliphatic rings. The van der Waals surface area contributed by atoms with E-state index in [9.17, 15) is 0 Å². The smallest absolute Gasteiger partial charge is 0.221 e. The number of fused-ring (bicyclic) bond motifs is 1. The van der Waals surface area contributed by atoms with Gasteiger partial charge < -0.3 is 18.6 Å². The summed E-state index contributed by atoms with van der Waals surface area (Å²) in [6, 6.07) is 5.95. The van der Waals surface area contributed by atoms with Crippen molar-refractivity contribution in [3.05, 3.63) is 29.3 Å². The predicted octanol–water partition coefficient (Wildman–Crippen LogP) is 4.22. The van der Waals surface area contributed by atoms with Crippen LogP contribution in [-0.2, 0) is 19.7 Å². The van der Waals surface area contributed by atoms with Gasteiger partial charge in [-0.05, 0) is 29.8 Å². The van der Waals surface area contributed by atoms with E-state index in [-0.39, 0.29) is 11.1 Å². The van der Waals surface area contributed by atoms with Gasteiger partial charge >= 0.3 is 0 Å². The van der Waals surface area contributed by atoms with Crippen molar-refractivity contribution >= 4 is 8.32 Å². The van der Waals surface area contributed by atoms with Crippen LogP contribution in [0.2, 0.25) is 18.1 Å². The monoisotopic (exact) mass is 324 g/mol. The van der Waals surface area contributed by atoms with Gasteiger partial charge in [0.05, 0.1) is 12.7 Å². The number of benzene rings is 1. The lowest BCUT2D eigenvalue weighted by Crippen LogP contribution is -2.56. The molecule has 0 amide bonds. The van der Waals surface area contributed by atoms with Crippen molar-refractivity contribution in [1.29, 1.82) is 0 Å². The van der Waals surface area contributed by atoms with E-state index in [2.05, 4.69) is 33.9 Å². The first-order valence-corrected chi connectivity index (χ1v) is 10.5. The molecule has 1 aromatic rings. The average molecular weight is 324 g/mol. The maximum Gasteiger partial charge on any atom is 0.221 e. The van der Waals surface area contributed by atoms with Crippen molar-refractivity contribution in [2.24, 2.45) is 0 Å². The van der Waals surface area contributed by atoms with Gasteiger partial charge in [0.25, 0.3) is 0 Å². The van der Waals surface area contributed by atoms with Gasteiger partial charge in [-0.15, -0.1) is 0 Å². The van der Waals surface area contributed by atoms with E-state index in [0.29, 0.717) is 0 Å². The molecule has 0 aromatic heterocycles. The largest absolute Gasteiger partial charge is 0.496 e. The zero-order valence-electron chi connectivity index (χ0n) is 14.9. The molecule has 0 N–H and O–H groups in total. The second-order valence-electron chi connectivity index (χ2n) is 7.27. The summed E-state index contributed by atoms with van der Waals surface area (Å²) in [4.78, 5) is 0. The van der Waals surface area contributed by atoms with Crippen molar-refractivity contribution in [3.63, 3.8) is 0 Å². The molecule has 0 radical (unpaired) electrons. The Labute approximate surface area is 134 Å². The van der Waals surface area contributed by atoms with E-state index in [1.54, 1.807) is 21.3 Å². The number of rotatable bonds is 5. The minimum Gasteiger partial charge on any atom is -0.496 e. The first kappa shape index (κ1) is 17.5. The quantitative estimate of drug-likeness (QED) is 0.600. The molecule has 2 unspecified atom stereocenters. The highest BCUT2D eigenvalue weighted by atomic mass is 28.4. The molecule has 0 saturated heterocycles. The highest BCUT2D eigenvalue weighted by Crippen LogP contribution is 2.59. The summed E-state index contributed by atoms with van der Waals surface area (Å²) in [6.45, 7) is 11.1. The van der Waals surface area contributed by atoms with E-state index in [1.165, 1.54) is 0 Å². The molecule has 2 atom stereocenters. The summed E-state index contributed by atoms with van der Waals surface area (Å²) < 4.78 is 23.8. The van der Waals surface area contributed by atoms with E-state index in [0.717, 1.165) is 16.9 Å². The first-order valence-electron chi connectivity index (χ1n) is 7.60. The first-order chi connectivity index (χ1) is 10.1. The van der Waals surface area contributed by atoms with Crippen LogP contribution in [0, 0.1) is 0 Å². The summed E-state index contributed by atoms with van der Waals surface area (Å²) in [5.74, 6) is -0.106. The van der Waals surface area contributed by atoms with Gasteiger partial charge in [0, 0.05) is 14.2 Å². The number of hydrogen-bond acceptors (Lipinski definition) is 4. The Kier molecular flexibility index (Phi) is 4.48. The molecular formula is C17H28O4Si. The van der Waals surface area contributed by atoms with Gasteiger partial charge in [-0.25, -0.2) is 0 Å². The Balaban J connectivity index is 2.53. The summed E-state index contributed by atoms with van der Waals surface area (Å²) >= 11 is 0. The third-order valence-electron chi connectivity index (χ3n) is 5.01. The molecule has 0 bridgehead atoms. The molecule has 0 aliphatic heterocycles. The van der Waals surface area contributed by atoms with Crippen molar-refractivity contribution in [3.8, 4) is 5.75 Å². The summed E-state index contributed by atoms with van der Waals surface area (Å²) in [5.41, 5.74) is 2.03. The third-order valence-corrected chi connectivity index (χ3v) is 9.43. The molecule has 0 saturated carbocycles. The second-order valence-corrected chi connectivity index (χ2v) is 12.0. The Hall–Kier alpha value is -0.883. The van der Waals surface area contributed by atoms with Crippen LogP contribution in [0.5, 0.6) is 5.75 Å². The molecule has 0 heterocycles. The predicted molar refractivity (Wildman–Crippen MR) is 89.7 cm³/mol. The molecular weight excluding hydrogens is 296 g/mol. The van der Waals surface area contributed by atoms with Gasteiger partial charge in [0.2, 0.25) is 5.79 Å². The Morgan fingerprint density at radius 2 is 1.73 bits per heavy atom. The van der Waals surface area contributed by atoms with Gasteiger partial charge in [-0.1, -0.05) is 32.9 Å². The highest BCUT2D eigenvalue weighted by Gasteiger charge is 2.60. The normalized spacial score (nSPS) is 24.6. The van der Waals surface area contributed by atoms with Gasteiger partial charge in [0.15, 0.2) is 8.32 Å². The highest BCUT2D eigenvalue weighted by molar-refractivity contribution is 6.74. The molecule has 2 rings (SSSR count). The molecule has 4 nitrogen and oxygen atoms in total. The van der Waals surface area contributed by atoms with Crippen molar-refractivity contribution in [2.75, 3.05) is 21.3 Å². The SMILES string of the molecule is COc1cccc2c1C(OC)(O[Si](C)(C)C(C)(C)C)C2OC. The number of methoxy groups -OCH3 is 3. The summed E-state index contributed by atoms with van der Waals surface area (Å²) in [7, 11) is 2.98. The summed E-state index contributed by atoms with van der Waals surface area (Å²) in [5, 5.41) is 0.0780. The average Bonchev–Trinajstić information content (AvgIpc) is 2.43. The zero-order chi connectivity index (χ0) is 16.8.